The molecule has 16 nitrogen and oxygen atoms in total. The van der Waals surface area contributed by atoms with Gasteiger partial charge in [-0.15, -0.1) is 11.3 Å². The molecule has 1 saturated heterocycles. The topological polar surface area (TPSA) is 171 Å². The highest BCUT2D eigenvalue weighted by atomic mass is 35.5. The third-order valence-corrected chi connectivity index (χ3v) is 15.6. The molecule has 406 valence electrons. The van der Waals surface area contributed by atoms with Crippen molar-refractivity contribution in [3.8, 4) is 61.8 Å². The number of hydrogen-bond acceptors (Lipinski definition) is 16. The van der Waals surface area contributed by atoms with E-state index in [0.717, 1.165) is 57.8 Å². The van der Waals surface area contributed by atoms with Crippen molar-refractivity contribution < 1.29 is 50.9 Å². The molecule has 0 unspecified atom stereocenters. The molecule has 0 radical (unpaired) electrons. The molecule has 5 heterocycles. The standard InChI is InChI=1S/C60H57ClFN6O10S/c1-37-45(22-23-49(54(37)61)73-31-28-67-26-29-68(3,30-27-67)33-51-38(2)76-60(70)78-51)52-53-57(64-36-65-58(53)79-55(52)40-16-18-42(62)19-17-40)77-50(59(69)75-34-39-14-20-44(71-4)21-15-39)32-41-10-6-8-12-47(41)74-35-43-24-25-63-56(66-43)46-11-7-9-13-48(46)72-5/h6-25,36,50H,26-35H2,1-5H3/q+1/t50-/m1/s1. The summed E-state index contributed by atoms with van der Waals surface area (Å²) in [5, 5.41) is 0.933. The highest BCUT2D eigenvalue weighted by Crippen LogP contribution is 2.49. The Balaban J connectivity index is 0.934. The molecule has 0 amide bonds. The van der Waals surface area contributed by atoms with Crippen LogP contribution in [-0.4, -0.2) is 102 Å². The van der Waals surface area contributed by atoms with Gasteiger partial charge in [-0.05, 0) is 96.3 Å². The minimum absolute atomic E-state index is 0.0148. The van der Waals surface area contributed by atoms with Crippen molar-refractivity contribution in [3.05, 3.63) is 183 Å². The van der Waals surface area contributed by atoms with E-state index in [0.29, 0.717) is 97.7 Å². The normalized spacial score (nSPS) is 13.7. The van der Waals surface area contributed by atoms with E-state index >= 15 is 0 Å². The molecule has 0 aliphatic carbocycles. The van der Waals surface area contributed by atoms with Crippen molar-refractivity contribution in [2.75, 3.05) is 60.6 Å². The summed E-state index contributed by atoms with van der Waals surface area (Å²) in [6, 6.07) is 33.9. The monoisotopic (exact) mass is 1110 g/mol. The molecule has 1 aliphatic rings. The molecule has 5 aromatic carbocycles. The van der Waals surface area contributed by atoms with Gasteiger partial charge < -0.3 is 41.7 Å². The summed E-state index contributed by atoms with van der Waals surface area (Å²) < 4.78 is 62.2. The van der Waals surface area contributed by atoms with Gasteiger partial charge in [0.25, 0.3) is 0 Å². The van der Waals surface area contributed by atoms with Gasteiger partial charge in [0.1, 0.15) is 66.3 Å². The van der Waals surface area contributed by atoms with Gasteiger partial charge in [-0.25, -0.2) is 33.9 Å². The maximum Gasteiger partial charge on any atom is 0.519 e. The number of benzene rings is 5. The molecule has 79 heavy (non-hydrogen) atoms. The zero-order valence-corrected chi connectivity index (χ0v) is 45.8. The Morgan fingerprint density at radius 2 is 1.58 bits per heavy atom. The van der Waals surface area contributed by atoms with Crippen LogP contribution in [0.4, 0.5) is 4.39 Å². The first-order valence-corrected chi connectivity index (χ1v) is 26.8. The van der Waals surface area contributed by atoms with Gasteiger partial charge in [-0.1, -0.05) is 72.3 Å². The van der Waals surface area contributed by atoms with Crippen LogP contribution >= 0.6 is 22.9 Å². The quantitative estimate of drug-likeness (QED) is 0.0491. The number of carbonyl (C=O) groups excluding carboxylic acids is 1. The lowest BCUT2D eigenvalue weighted by atomic mass is 9.96. The Hall–Kier alpha value is -8.16. The number of ether oxygens (including phenoxy) is 6. The molecule has 0 bridgehead atoms. The van der Waals surface area contributed by atoms with Gasteiger partial charge in [0.2, 0.25) is 17.7 Å². The molecular weight excluding hydrogens is 1050 g/mol. The third kappa shape index (κ3) is 12.6. The molecule has 0 N–H and O–H groups in total. The van der Waals surface area contributed by atoms with E-state index < -0.39 is 17.9 Å². The van der Waals surface area contributed by atoms with Crippen LogP contribution in [0.15, 0.2) is 141 Å². The number of carbonyl (C=O) groups is 1. The Kier molecular flexibility index (Phi) is 16.6. The molecule has 0 saturated carbocycles. The van der Waals surface area contributed by atoms with Crippen molar-refractivity contribution in [2.45, 2.75) is 46.1 Å². The van der Waals surface area contributed by atoms with Gasteiger partial charge in [0.05, 0.1) is 56.0 Å². The number of para-hydroxylation sites is 2. The zero-order valence-electron chi connectivity index (χ0n) is 44.2. The van der Waals surface area contributed by atoms with Crippen LogP contribution < -0.4 is 29.5 Å². The Bertz CT molecular complexity index is 3660. The molecule has 19 heteroatoms. The summed E-state index contributed by atoms with van der Waals surface area (Å²) in [4.78, 5) is 48.6. The number of quaternary nitrogens is 1. The number of esters is 1. The van der Waals surface area contributed by atoms with Crippen LogP contribution in [0, 0.1) is 19.7 Å². The first kappa shape index (κ1) is 54.2. The summed E-state index contributed by atoms with van der Waals surface area (Å²) in [7, 11) is 5.34. The van der Waals surface area contributed by atoms with Crippen molar-refractivity contribution in [2.24, 2.45) is 0 Å². The van der Waals surface area contributed by atoms with Crippen molar-refractivity contribution >= 4 is 39.1 Å². The first-order chi connectivity index (χ1) is 38.3. The maximum atomic E-state index is 14.6. The summed E-state index contributed by atoms with van der Waals surface area (Å²) in [6.07, 6.45) is 1.82. The Morgan fingerprint density at radius 1 is 0.823 bits per heavy atom. The molecule has 9 aromatic rings. The highest BCUT2D eigenvalue weighted by Gasteiger charge is 2.33. The number of piperazine rings is 1. The number of fused-ring (bicyclic) bond motifs is 1. The van der Waals surface area contributed by atoms with E-state index in [1.165, 1.54) is 29.8 Å². The van der Waals surface area contributed by atoms with Crippen LogP contribution in [0.5, 0.6) is 28.9 Å². The summed E-state index contributed by atoms with van der Waals surface area (Å²) in [5.41, 5.74) is 5.61. The number of nitrogens with zero attached hydrogens (tertiary/aromatic N) is 6. The van der Waals surface area contributed by atoms with Crippen LogP contribution in [0.25, 0.3) is 43.2 Å². The third-order valence-electron chi connectivity index (χ3n) is 14.0. The molecule has 0 spiro atoms. The zero-order chi connectivity index (χ0) is 55.0. The average molecular weight is 1110 g/mol. The predicted molar refractivity (Wildman–Crippen MR) is 297 cm³/mol. The number of likely N-dealkylation sites (N-methyl/N-ethyl adjacent to an activating group) is 1. The fourth-order valence-electron chi connectivity index (χ4n) is 9.50. The van der Waals surface area contributed by atoms with E-state index in [1.54, 1.807) is 57.7 Å². The van der Waals surface area contributed by atoms with Gasteiger partial charge in [-0.3, -0.25) is 4.90 Å². The molecule has 4 aromatic heterocycles. The number of thiophene rings is 1. The van der Waals surface area contributed by atoms with Crippen LogP contribution in [-0.2, 0) is 35.7 Å². The van der Waals surface area contributed by atoms with E-state index in [1.807, 2.05) is 79.7 Å². The van der Waals surface area contributed by atoms with Crippen LogP contribution in [0.2, 0.25) is 5.02 Å². The van der Waals surface area contributed by atoms with E-state index in [4.69, 9.17) is 63.8 Å². The smallest absolute Gasteiger partial charge is 0.497 e. The lowest BCUT2D eigenvalue weighted by molar-refractivity contribution is -0.927. The molecule has 1 fully saturated rings. The van der Waals surface area contributed by atoms with Gasteiger partial charge in [-0.2, -0.15) is 0 Å². The lowest BCUT2D eigenvalue weighted by Gasteiger charge is -2.41. The van der Waals surface area contributed by atoms with E-state index in [2.05, 4.69) is 16.9 Å². The number of rotatable bonds is 21. The summed E-state index contributed by atoms with van der Waals surface area (Å²) >= 11 is 8.62. The second-order valence-electron chi connectivity index (χ2n) is 19.3. The van der Waals surface area contributed by atoms with Crippen molar-refractivity contribution in [1.82, 2.24) is 24.8 Å². The maximum absolute atomic E-state index is 14.6. The summed E-state index contributed by atoms with van der Waals surface area (Å²) in [6.45, 7) is 8.72. The number of aryl methyl sites for hydroxylation is 1. The second-order valence-corrected chi connectivity index (χ2v) is 20.7. The average Bonchev–Trinajstić information content (AvgIpc) is 4.17. The SMILES string of the molecule is COc1ccc(COC(=O)[C@@H](Cc2ccccc2OCc2ccnc(-c3ccccc3OC)n2)Oc2ncnc3sc(-c4ccc(F)cc4)c(-c4ccc(OCCN5CC[N+](C)(Cc6oc(=O)oc6C)CC5)c(Cl)c4C)c23)cc1. The second kappa shape index (κ2) is 24.2. The van der Waals surface area contributed by atoms with Crippen LogP contribution in [0.1, 0.15) is 33.9 Å². The van der Waals surface area contributed by atoms with Gasteiger partial charge in [0, 0.05) is 42.7 Å². The van der Waals surface area contributed by atoms with Crippen molar-refractivity contribution in [3.63, 3.8) is 0 Å². The minimum atomic E-state index is -1.25. The van der Waals surface area contributed by atoms with E-state index in [9.17, 15) is 14.0 Å². The molecular formula is C60H57ClFN6O10S+. The van der Waals surface area contributed by atoms with Crippen LogP contribution in [0.3, 0.4) is 0 Å². The Morgan fingerprint density at radius 3 is 2.33 bits per heavy atom. The number of aromatic nitrogens is 4. The first-order valence-electron chi connectivity index (χ1n) is 25.6. The van der Waals surface area contributed by atoms with Crippen molar-refractivity contribution in [1.29, 1.82) is 0 Å². The Labute approximate surface area is 464 Å². The molecule has 1 atom stereocenters. The highest BCUT2D eigenvalue weighted by molar-refractivity contribution is 7.22. The van der Waals surface area contributed by atoms with E-state index in [-0.39, 0.29) is 31.3 Å². The number of methoxy groups -OCH3 is 2. The van der Waals surface area contributed by atoms with Gasteiger partial charge >= 0.3 is 11.8 Å². The fourth-order valence-corrected chi connectivity index (χ4v) is 10.9. The summed E-state index contributed by atoms with van der Waals surface area (Å²) in [5.74, 6) is 2.31. The number of hydrogen-bond donors (Lipinski definition) is 0. The molecule has 10 rings (SSSR count). The largest absolute Gasteiger partial charge is 0.519 e. The number of halogens is 2. The lowest BCUT2D eigenvalue weighted by Crippen LogP contribution is -2.57. The molecule has 1 aliphatic heterocycles. The minimum Gasteiger partial charge on any atom is -0.497 e. The fraction of sp³-hybridized carbons (Fsp3) is 0.267. The predicted octanol–water partition coefficient (Wildman–Crippen LogP) is 11.1. The van der Waals surface area contributed by atoms with Gasteiger partial charge in [0.15, 0.2) is 11.6 Å².